The predicted molar refractivity (Wildman–Crippen MR) is 69.2 cm³/mol. The molecule has 2 rings (SSSR count). The van der Waals surface area contributed by atoms with Gasteiger partial charge in [-0.2, -0.15) is 0 Å². The molecule has 1 aromatic carbocycles. The second kappa shape index (κ2) is 4.50. The van der Waals surface area contributed by atoms with Crippen LogP contribution in [-0.4, -0.2) is 20.3 Å². The number of benzene rings is 1. The number of piperidine rings is 1. The van der Waals surface area contributed by atoms with Gasteiger partial charge in [0, 0.05) is 5.67 Å². The Labute approximate surface area is 95.4 Å². The Morgan fingerprint density at radius 2 is 2.00 bits per heavy atom. The summed E-state index contributed by atoms with van der Waals surface area (Å²) in [4.78, 5) is 0. The van der Waals surface area contributed by atoms with E-state index in [0.717, 1.165) is 6.54 Å². The topological polar surface area (TPSA) is 12.0 Å². The molecule has 1 aromatic rings. The largest absolute Gasteiger partial charge is 0.316 e. The SMILES string of the molecule is [2H]N1CCCCC1[Si](C)(C)c1ccccc1. The highest BCUT2D eigenvalue weighted by Crippen LogP contribution is 2.17. The minimum absolute atomic E-state index is 0.489. The number of nitrogens with one attached hydrogen (secondary N) is 1. The highest BCUT2D eigenvalue weighted by Gasteiger charge is 2.33. The van der Waals surface area contributed by atoms with E-state index in [-0.39, 0.29) is 0 Å². The van der Waals surface area contributed by atoms with Crippen LogP contribution in [0.3, 0.4) is 0 Å². The van der Waals surface area contributed by atoms with Gasteiger partial charge in [0.1, 0.15) is 1.41 Å². The van der Waals surface area contributed by atoms with E-state index in [1.807, 2.05) is 5.31 Å². The summed E-state index contributed by atoms with van der Waals surface area (Å²) in [5.74, 6) is 0. The molecular weight excluding hydrogens is 198 g/mol. The molecule has 1 N–H and O–H groups in total. The Morgan fingerprint density at radius 3 is 2.67 bits per heavy atom. The zero-order chi connectivity index (χ0) is 11.6. The molecule has 1 saturated heterocycles. The third-order valence-corrected chi connectivity index (χ3v) is 7.54. The first-order chi connectivity index (χ1) is 7.62. The molecule has 0 aliphatic carbocycles. The van der Waals surface area contributed by atoms with Crippen LogP contribution in [0.25, 0.3) is 0 Å². The van der Waals surface area contributed by atoms with Crippen molar-refractivity contribution in [2.24, 2.45) is 0 Å². The molecule has 0 radical (unpaired) electrons. The molecule has 82 valence electrons. The summed E-state index contributed by atoms with van der Waals surface area (Å²) in [5.41, 5.74) is 0.489. The summed E-state index contributed by atoms with van der Waals surface area (Å²) in [7, 11) is -1.50. The highest BCUT2D eigenvalue weighted by atomic mass is 28.3. The molecule has 0 amide bonds. The van der Waals surface area contributed by atoms with Crippen molar-refractivity contribution >= 4 is 13.3 Å². The predicted octanol–water partition coefficient (Wildman–Crippen LogP) is 2.28. The van der Waals surface area contributed by atoms with Crippen molar-refractivity contribution in [1.82, 2.24) is 5.31 Å². The van der Waals surface area contributed by atoms with Crippen LogP contribution in [0, 0.1) is 0 Å². The van der Waals surface area contributed by atoms with E-state index in [2.05, 4.69) is 43.4 Å². The van der Waals surface area contributed by atoms with Crippen molar-refractivity contribution in [3.8, 4) is 0 Å². The summed E-state index contributed by atoms with van der Waals surface area (Å²) in [6, 6.07) is 10.8. The van der Waals surface area contributed by atoms with E-state index in [1.165, 1.54) is 24.4 Å². The molecule has 1 heterocycles. The van der Waals surface area contributed by atoms with Crippen LogP contribution in [-0.2, 0) is 0 Å². The molecule has 15 heavy (non-hydrogen) atoms. The van der Waals surface area contributed by atoms with Crippen LogP contribution < -0.4 is 10.5 Å². The van der Waals surface area contributed by atoms with Gasteiger partial charge < -0.3 is 5.31 Å². The summed E-state index contributed by atoms with van der Waals surface area (Å²) < 4.78 is 8.10. The maximum Gasteiger partial charge on any atom is 0.122 e. The summed E-state index contributed by atoms with van der Waals surface area (Å²) in [6.45, 7) is 5.76. The monoisotopic (exact) mass is 220 g/mol. The summed E-state index contributed by atoms with van der Waals surface area (Å²) in [6.07, 6.45) is 3.69. The Balaban J connectivity index is 2.23. The van der Waals surface area contributed by atoms with Gasteiger partial charge in [-0.3, -0.25) is 0 Å². The minimum atomic E-state index is -1.50. The second-order valence-electron chi connectivity index (χ2n) is 5.01. The van der Waals surface area contributed by atoms with Crippen molar-refractivity contribution in [3.05, 3.63) is 30.3 Å². The standard InChI is InChI=1S/C13H21NSi/c1-15(2,12-8-4-3-5-9-12)13-10-6-7-11-14-13/h3-5,8-9,13-14H,6-7,10-11H2,1-2H3/i/hD. The van der Waals surface area contributed by atoms with E-state index < -0.39 is 8.07 Å². The van der Waals surface area contributed by atoms with E-state index in [4.69, 9.17) is 1.41 Å². The fourth-order valence-electron chi connectivity index (χ4n) is 2.44. The van der Waals surface area contributed by atoms with Crippen molar-refractivity contribution < 1.29 is 1.41 Å². The quantitative estimate of drug-likeness (QED) is 0.754. The lowest BCUT2D eigenvalue weighted by Gasteiger charge is -2.36. The normalized spacial score (nSPS) is 24.9. The van der Waals surface area contributed by atoms with Gasteiger partial charge in [-0.1, -0.05) is 55.0 Å². The van der Waals surface area contributed by atoms with Gasteiger partial charge in [0.2, 0.25) is 0 Å². The van der Waals surface area contributed by atoms with Crippen LogP contribution in [0.2, 0.25) is 14.5 Å². The lowest BCUT2D eigenvalue weighted by molar-refractivity contribution is 0.474. The first-order valence-corrected chi connectivity index (χ1v) is 9.01. The zero-order valence-electron chi connectivity index (χ0n) is 10.7. The van der Waals surface area contributed by atoms with Crippen LogP contribution in [0.1, 0.15) is 19.3 Å². The van der Waals surface area contributed by atoms with Crippen molar-refractivity contribution in [2.45, 2.75) is 38.0 Å². The number of rotatable bonds is 2. The van der Waals surface area contributed by atoms with E-state index in [1.54, 1.807) is 0 Å². The zero-order valence-corrected chi connectivity index (χ0v) is 10.7. The maximum absolute atomic E-state index is 8.10. The van der Waals surface area contributed by atoms with Crippen molar-refractivity contribution in [2.75, 3.05) is 6.54 Å². The molecule has 0 saturated carbocycles. The lowest BCUT2D eigenvalue weighted by atomic mass is 10.2. The lowest BCUT2D eigenvalue weighted by Crippen LogP contribution is -2.60. The Hall–Kier alpha value is -0.603. The van der Waals surface area contributed by atoms with E-state index in [9.17, 15) is 0 Å². The molecule has 1 aliphatic rings. The maximum atomic E-state index is 8.10. The third kappa shape index (κ3) is 2.32. The van der Waals surface area contributed by atoms with Gasteiger partial charge >= 0.3 is 0 Å². The molecule has 1 fully saturated rings. The van der Waals surface area contributed by atoms with Crippen LogP contribution in [0.5, 0.6) is 0 Å². The molecule has 1 aliphatic heterocycles. The molecule has 2 heteroatoms. The Morgan fingerprint density at radius 1 is 1.27 bits per heavy atom. The summed E-state index contributed by atoms with van der Waals surface area (Å²) in [5, 5.41) is 3.34. The number of hydrogen-bond acceptors (Lipinski definition) is 1. The molecule has 0 spiro atoms. The van der Waals surface area contributed by atoms with Crippen LogP contribution >= 0.6 is 0 Å². The van der Waals surface area contributed by atoms with Crippen LogP contribution in [0.15, 0.2) is 30.3 Å². The fourth-order valence-corrected chi connectivity index (χ4v) is 5.38. The van der Waals surface area contributed by atoms with Gasteiger partial charge in [0.05, 0.1) is 8.07 Å². The van der Waals surface area contributed by atoms with Gasteiger partial charge in [-0.25, -0.2) is 0 Å². The molecule has 1 nitrogen and oxygen atoms in total. The molecule has 0 bridgehead atoms. The average molecular weight is 220 g/mol. The van der Waals surface area contributed by atoms with Gasteiger partial charge in [-0.15, -0.1) is 0 Å². The van der Waals surface area contributed by atoms with Gasteiger partial charge in [-0.05, 0) is 19.4 Å². The van der Waals surface area contributed by atoms with Gasteiger partial charge in [0.15, 0.2) is 0 Å². The highest BCUT2D eigenvalue weighted by molar-refractivity contribution is 6.91. The molecule has 1 unspecified atom stereocenters. The Bertz CT molecular complexity index is 339. The second-order valence-corrected chi connectivity index (χ2v) is 9.69. The first-order valence-electron chi connectivity index (χ1n) is 6.38. The van der Waals surface area contributed by atoms with E-state index in [0.29, 0.717) is 5.67 Å². The van der Waals surface area contributed by atoms with Crippen LogP contribution in [0.4, 0.5) is 0 Å². The average Bonchev–Trinajstić information content (AvgIpc) is 2.30. The van der Waals surface area contributed by atoms with Crippen molar-refractivity contribution in [3.63, 3.8) is 0 Å². The number of hydrogen-bond donors (Lipinski definition) is 1. The van der Waals surface area contributed by atoms with Gasteiger partial charge in [0.25, 0.3) is 0 Å². The van der Waals surface area contributed by atoms with E-state index >= 15 is 0 Å². The first kappa shape index (κ1) is 9.61. The Kier molecular flexibility index (Phi) is 2.88. The summed E-state index contributed by atoms with van der Waals surface area (Å²) >= 11 is 0. The molecular formula is C13H21NSi. The van der Waals surface area contributed by atoms with Crippen molar-refractivity contribution in [1.29, 1.82) is 0 Å². The fraction of sp³-hybridized carbons (Fsp3) is 0.538. The third-order valence-electron chi connectivity index (χ3n) is 3.59. The minimum Gasteiger partial charge on any atom is -0.316 e. The molecule has 0 aromatic heterocycles. The smallest absolute Gasteiger partial charge is 0.122 e. The molecule has 1 atom stereocenters.